The maximum Gasteiger partial charge on any atom is 0.330 e. The van der Waals surface area contributed by atoms with Crippen molar-refractivity contribution in [1.29, 1.82) is 0 Å². The minimum Gasteiger partial charge on any atom is -0.463 e. The van der Waals surface area contributed by atoms with Crippen LogP contribution in [0.2, 0.25) is 0 Å². The fourth-order valence-electron chi connectivity index (χ4n) is 1.86. The normalized spacial score (nSPS) is 11.1. The molecular weight excluding hydrogens is 268 g/mol. The van der Waals surface area contributed by atoms with Crippen LogP contribution < -0.4 is 0 Å². The smallest absolute Gasteiger partial charge is 0.330 e. The molecule has 0 aliphatic rings. The number of ether oxygens (including phenoxy) is 1. The lowest BCUT2D eigenvalue weighted by Crippen LogP contribution is -2.12. The topological polar surface area (TPSA) is 26.3 Å². The van der Waals surface area contributed by atoms with Gasteiger partial charge in [0.15, 0.2) is 0 Å². The molecule has 0 saturated heterocycles. The molecule has 0 N–H and O–H groups in total. The molecule has 0 saturated carbocycles. The van der Waals surface area contributed by atoms with Crippen LogP contribution in [0.3, 0.4) is 0 Å². The summed E-state index contributed by atoms with van der Waals surface area (Å²) in [5.41, 5.74) is 1.37. The molecule has 0 aliphatic heterocycles. The molecule has 0 bridgehead atoms. The number of hydrogen-bond donors (Lipinski definition) is 0. The molecule has 0 radical (unpaired) electrons. The fraction of sp³-hybridized carbons (Fsp3) is 0.471. The number of carbonyl (C=O) groups excluding carboxylic acids is 1. The van der Waals surface area contributed by atoms with Crippen molar-refractivity contribution in [1.82, 2.24) is 0 Å². The van der Waals surface area contributed by atoms with E-state index >= 15 is 0 Å². The largest absolute Gasteiger partial charge is 0.463 e. The number of benzene rings is 1. The Labute approximate surface area is 126 Å². The van der Waals surface area contributed by atoms with Crippen molar-refractivity contribution in [2.24, 2.45) is 0 Å². The van der Waals surface area contributed by atoms with Gasteiger partial charge in [-0.05, 0) is 44.4 Å². The minimum atomic E-state index is -0.329. The Hall–Kier alpha value is -1.22. The third-order valence-electron chi connectivity index (χ3n) is 3.13. The zero-order chi connectivity index (χ0) is 14.8. The van der Waals surface area contributed by atoms with E-state index in [1.54, 1.807) is 0 Å². The standard InChI is InChI=1S/C17H24O2S/c1-4-16(18)19-13-9-6-10-14-20-17(2,3)15-11-7-5-8-12-15/h4-5,7-8,11-12H,1,6,9-10,13-14H2,2-3H3. The Kier molecular flexibility index (Phi) is 7.45. The van der Waals surface area contributed by atoms with E-state index in [0.717, 1.165) is 25.0 Å². The van der Waals surface area contributed by atoms with Gasteiger partial charge in [-0.15, -0.1) is 0 Å². The predicted molar refractivity (Wildman–Crippen MR) is 86.9 cm³/mol. The lowest BCUT2D eigenvalue weighted by Gasteiger charge is -2.24. The van der Waals surface area contributed by atoms with E-state index in [1.165, 1.54) is 11.6 Å². The van der Waals surface area contributed by atoms with Crippen LogP contribution in [-0.4, -0.2) is 18.3 Å². The molecule has 0 amide bonds. The van der Waals surface area contributed by atoms with Gasteiger partial charge in [-0.3, -0.25) is 0 Å². The molecule has 1 aromatic rings. The lowest BCUT2D eigenvalue weighted by molar-refractivity contribution is -0.137. The highest BCUT2D eigenvalue weighted by Gasteiger charge is 2.19. The third-order valence-corrected chi connectivity index (χ3v) is 4.58. The lowest BCUT2D eigenvalue weighted by atomic mass is 10.0. The number of thioether (sulfide) groups is 1. The monoisotopic (exact) mass is 292 g/mol. The Morgan fingerprint density at radius 1 is 1.25 bits per heavy atom. The van der Waals surface area contributed by atoms with Crippen molar-refractivity contribution in [2.75, 3.05) is 12.4 Å². The zero-order valence-electron chi connectivity index (χ0n) is 12.4. The van der Waals surface area contributed by atoms with Gasteiger partial charge in [0.25, 0.3) is 0 Å². The van der Waals surface area contributed by atoms with Crippen LogP contribution in [0.25, 0.3) is 0 Å². The first-order valence-corrected chi connectivity index (χ1v) is 8.03. The van der Waals surface area contributed by atoms with Gasteiger partial charge in [0.2, 0.25) is 0 Å². The first-order chi connectivity index (χ1) is 9.56. The first-order valence-electron chi connectivity index (χ1n) is 7.05. The van der Waals surface area contributed by atoms with Crippen LogP contribution in [0.4, 0.5) is 0 Å². The second kappa shape index (κ2) is 8.85. The second-order valence-electron chi connectivity index (χ2n) is 5.16. The second-order valence-corrected chi connectivity index (χ2v) is 6.87. The quantitative estimate of drug-likeness (QED) is 0.379. The summed E-state index contributed by atoms with van der Waals surface area (Å²) in [6.45, 7) is 8.39. The van der Waals surface area contributed by atoms with Crippen LogP contribution in [0, 0.1) is 0 Å². The van der Waals surface area contributed by atoms with Gasteiger partial charge < -0.3 is 4.74 Å². The highest BCUT2D eigenvalue weighted by atomic mass is 32.2. The van der Waals surface area contributed by atoms with E-state index in [1.807, 2.05) is 11.8 Å². The predicted octanol–water partition coefficient (Wildman–Crippen LogP) is 4.55. The van der Waals surface area contributed by atoms with Gasteiger partial charge in [0, 0.05) is 10.8 Å². The number of hydrogen-bond acceptors (Lipinski definition) is 3. The molecule has 0 spiro atoms. The molecule has 1 aromatic carbocycles. The average Bonchev–Trinajstić information content (AvgIpc) is 2.46. The number of rotatable bonds is 9. The summed E-state index contributed by atoms with van der Waals surface area (Å²) in [7, 11) is 0. The molecule has 3 heteroatoms. The molecule has 0 unspecified atom stereocenters. The molecule has 0 heterocycles. The van der Waals surface area contributed by atoms with Crippen LogP contribution in [0.1, 0.15) is 38.7 Å². The van der Waals surface area contributed by atoms with Crippen molar-refractivity contribution < 1.29 is 9.53 Å². The van der Waals surface area contributed by atoms with Gasteiger partial charge in [-0.1, -0.05) is 36.9 Å². The van der Waals surface area contributed by atoms with Crippen LogP contribution >= 0.6 is 11.8 Å². The van der Waals surface area contributed by atoms with E-state index in [4.69, 9.17) is 4.74 Å². The van der Waals surface area contributed by atoms with E-state index in [9.17, 15) is 4.79 Å². The first kappa shape index (κ1) is 16.8. The summed E-state index contributed by atoms with van der Waals surface area (Å²) in [5, 5.41) is 0. The van der Waals surface area contributed by atoms with E-state index < -0.39 is 0 Å². The highest BCUT2D eigenvalue weighted by Crippen LogP contribution is 2.35. The zero-order valence-corrected chi connectivity index (χ0v) is 13.2. The summed E-state index contributed by atoms with van der Waals surface area (Å²) in [4.78, 5) is 10.8. The molecule has 0 atom stereocenters. The summed E-state index contributed by atoms with van der Waals surface area (Å²) in [6, 6.07) is 10.6. The van der Waals surface area contributed by atoms with Crippen molar-refractivity contribution in [2.45, 2.75) is 37.9 Å². The maximum absolute atomic E-state index is 10.8. The molecule has 0 aromatic heterocycles. The highest BCUT2D eigenvalue weighted by molar-refractivity contribution is 8.00. The molecule has 20 heavy (non-hydrogen) atoms. The fourth-order valence-corrected chi connectivity index (χ4v) is 3.02. The van der Waals surface area contributed by atoms with Crippen LogP contribution in [-0.2, 0) is 14.3 Å². The molecule has 2 nitrogen and oxygen atoms in total. The Bertz CT molecular complexity index is 412. The molecule has 110 valence electrons. The third kappa shape index (κ3) is 6.29. The van der Waals surface area contributed by atoms with Gasteiger partial charge >= 0.3 is 5.97 Å². The molecule has 1 rings (SSSR count). The van der Waals surface area contributed by atoms with E-state index in [2.05, 4.69) is 50.8 Å². The van der Waals surface area contributed by atoms with E-state index in [0.29, 0.717) is 6.61 Å². The number of esters is 1. The summed E-state index contributed by atoms with van der Waals surface area (Å²) in [5.74, 6) is 0.793. The van der Waals surface area contributed by atoms with Gasteiger partial charge in [0.05, 0.1) is 6.61 Å². The summed E-state index contributed by atoms with van der Waals surface area (Å²) < 4.78 is 5.09. The SMILES string of the molecule is C=CC(=O)OCCCCCSC(C)(C)c1ccccc1. The van der Waals surface area contributed by atoms with Crippen LogP contribution in [0.15, 0.2) is 43.0 Å². The van der Waals surface area contributed by atoms with Crippen LogP contribution in [0.5, 0.6) is 0 Å². The Balaban J connectivity index is 2.15. The van der Waals surface area contributed by atoms with Gasteiger partial charge in [-0.25, -0.2) is 4.79 Å². The molecule has 0 aliphatic carbocycles. The van der Waals surface area contributed by atoms with Crippen molar-refractivity contribution >= 4 is 17.7 Å². The molecular formula is C17H24O2S. The van der Waals surface area contributed by atoms with Crippen molar-refractivity contribution in [3.63, 3.8) is 0 Å². The van der Waals surface area contributed by atoms with E-state index in [-0.39, 0.29) is 10.7 Å². The minimum absolute atomic E-state index is 0.149. The average molecular weight is 292 g/mol. The molecule has 0 fully saturated rings. The Morgan fingerprint density at radius 3 is 2.60 bits per heavy atom. The maximum atomic E-state index is 10.8. The van der Waals surface area contributed by atoms with Gasteiger partial charge in [-0.2, -0.15) is 11.8 Å². The Morgan fingerprint density at radius 2 is 1.95 bits per heavy atom. The number of unbranched alkanes of at least 4 members (excludes halogenated alkanes) is 2. The van der Waals surface area contributed by atoms with Crippen molar-refractivity contribution in [3.05, 3.63) is 48.6 Å². The van der Waals surface area contributed by atoms with Gasteiger partial charge in [0.1, 0.15) is 0 Å². The summed E-state index contributed by atoms with van der Waals surface area (Å²) >= 11 is 1.98. The number of carbonyl (C=O) groups is 1. The summed E-state index contributed by atoms with van der Waals surface area (Å²) in [6.07, 6.45) is 4.36. The van der Waals surface area contributed by atoms with Crippen molar-refractivity contribution in [3.8, 4) is 0 Å².